The van der Waals surface area contributed by atoms with Gasteiger partial charge in [0, 0.05) is 11.8 Å². The quantitative estimate of drug-likeness (QED) is 0.349. The molecule has 0 spiro atoms. The van der Waals surface area contributed by atoms with Crippen LogP contribution in [0.1, 0.15) is 92.6 Å². The molecule has 2 fully saturated rings. The van der Waals surface area contributed by atoms with Crippen LogP contribution < -0.4 is 4.74 Å². The minimum atomic E-state index is -0.190. The Balaban J connectivity index is 1.28. The van der Waals surface area contributed by atoms with Gasteiger partial charge < -0.3 is 9.47 Å². The van der Waals surface area contributed by atoms with Crippen molar-refractivity contribution in [1.29, 1.82) is 0 Å². The van der Waals surface area contributed by atoms with Crippen molar-refractivity contribution in [1.82, 2.24) is 0 Å². The molecule has 0 N–H and O–H groups in total. The molecule has 2 aromatic rings. The summed E-state index contributed by atoms with van der Waals surface area (Å²) in [5.41, 5.74) is 3.48. The van der Waals surface area contributed by atoms with Crippen molar-refractivity contribution in [3.05, 3.63) is 65.2 Å². The smallest absolute Gasteiger partial charge is 0.338 e. The Labute approximate surface area is 203 Å². The van der Waals surface area contributed by atoms with E-state index in [-0.39, 0.29) is 23.5 Å². The maximum Gasteiger partial charge on any atom is 0.338 e. The summed E-state index contributed by atoms with van der Waals surface area (Å²) in [6.07, 6.45) is 8.83. The molecule has 0 radical (unpaired) electrons. The normalized spacial score (nSPS) is 29.5. The van der Waals surface area contributed by atoms with Crippen LogP contribution in [0, 0.1) is 17.3 Å². The number of unbranched alkanes of at least 4 members (excludes halogenated alkanes) is 1. The minimum absolute atomic E-state index is 0.00235. The van der Waals surface area contributed by atoms with Gasteiger partial charge in [-0.15, -0.1) is 0 Å². The Hall–Kier alpha value is -2.62. The molecule has 34 heavy (non-hydrogen) atoms. The average Bonchev–Trinajstić information content (AvgIpc) is 3.19. The van der Waals surface area contributed by atoms with E-state index in [2.05, 4.69) is 26.0 Å². The Kier molecular flexibility index (Phi) is 6.50. The maximum atomic E-state index is 12.8. The zero-order valence-electron chi connectivity index (χ0n) is 20.4. The van der Waals surface area contributed by atoms with E-state index in [0.717, 1.165) is 51.4 Å². The second kappa shape index (κ2) is 9.56. The van der Waals surface area contributed by atoms with Crippen molar-refractivity contribution in [2.45, 2.75) is 83.7 Å². The molecule has 0 heterocycles. The molecule has 0 unspecified atom stereocenters. The first-order chi connectivity index (χ1) is 16.5. The summed E-state index contributed by atoms with van der Waals surface area (Å²) in [5, 5.41) is 0. The van der Waals surface area contributed by atoms with E-state index >= 15 is 0 Å². The summed E-state index contributed by atoms with van der Waals surface area (Å²) in [6, 6.07) is 15.7. The average molecular weight is 461 g/mol. The monoisotopic (exact) mass is 460 g/mol. The highest BCUT2D eigenvalue weighted by molar-refractivity contribution is 5.89. The van der Waals surface area contributed by atoms with Gasteiger partial charge in [-0.25, -0.2) is 4.79 Å². The number of hydrogen-bond acceptors (Lipinski definition) is 4. The fourth-order valence-corrected chi connectivity index (χ4v) is 7.04. The SMILES string of the molecule is CCCCC(=O)Oc1ccc2c(c1)CC[C@@H]1[C@@H]2CC[C@]2(C)[C@@H](OC(=O)c3ccccc3)CC[C@@H]12. The number of fused-ring (bicyclic) bond motifs is 5. The number of esters is 2. The Morgan fingerprint density at radius 2 is 1.85 bits per heavy atom. The van der Waals surface area contributed by atoms with Gasteiger partial charge in [0.2, 0.25) is 0 Å². The van der Waals surface area contributed by atoms with Crippen LogP contribution in [-0.2, 0) is 16.0 Å². The van der Waals surface area contributed by atoms with Crippen molar-refractivity contribution in [3.8, 4) is 5.75 Å². The van der Waals surface area contributed by atoms with Crippen LogP contribution in [0.2, 0.25) is 0 Å². The van der Waals surface area contributed by atoms with Crippen LogP contribution in [0.25, 0.3) is 0 Å². The number of rotatable bonds is 6. The predicted molar refractivity (Wildman–Crippen MR) is 132 cm³/mol. The molecule has 3 aliphatic carbocycles. The molecule has 4 heteroatoms. The molecule has 0 bridgehead atoms. The largest absolute Gasteiger partial charge is 0.458 e. The zero-order chi connectivity index (χ0) is 23.7. The van der Waals surface area contributed by atoms with Gasteiger partial charge in [0.05, 0.1) is 5.56 Å². The van der Waals surface area contributed by atoms with Gasteiger partial charge in [0.1, 0.15) is 11.9 Å². The molecule has 0 aliphatic heterocycles. The van der Waals surface area contributed by atoms with Gasteiger partial charge in [-0.2, -0.15) is 0 Å². The number of carbonyl (C=O) groups excluding carboxylic acids is 2. The highest BCUT2D eigenvalue weighted by Gasteiger charge is 2.56. The number of aryl methyl sites for hydroxylation is 1. The molecule has 0 aromatic heterocycles. The highest BCUT2D eigenvalue weighted by Crippen LogP contribution is 2.61. The second-order valence-electron chi connectivity index (χ2n) is 10.7. The van der Waals surface area contributed by atoms with Crippen molar-refractivity contribution >= 4 is 11.9 Å². The minimum Gasteiger partial charge on any atom is -0.458 e. The molecule has 0 amide bonds. The Bertz CT molecular complexity index is 1050. The summed E-state index contributed by atoms with van der Waals surface area (Å²) in [7, 11) is 0. The third kappa shape index (κ3) is 4.28. The first kappa shape index (κ1) is 23.1. The van der Waals surface area contributed by atoms with Crippen molar-refractivity contribution in [3.63, 3.8) is 0 Å². The fourth-order valence-electron chi connectivity index (χ4n) is 7.04. The molecular formula is C30H36O4. The summed E-state index contributed by atoms with van der Waals surface area (Å²) >= 11 is 0. The van der Waals surface area contributed by atoms with Crippen LogP contribution in [0.4, 0.5) is 0 Å². The first-order valence-electron chi connectivity index (χ1n) is 13.1. The van der Waals surface area contributed by atoms with Gasteiger partial charge in [-0.1, -0.05) is 44.5 Å². The lowest BCUT2D eigenvalue weighted by Gasteiger charge is -2.50. The Morgan fingerprint density at radius 3 is 2.65 bits per heavy atom. The summed E-state index contributed by atoms with van der Waals surface area (Å²) in [6.45, 7) is 4.44. The fraction of sp³-hybridized carbons (Fsp3) is 0.533. The first-order valence-corrected chi connectivity index (χ1v) is 13.1. The van der Waals surface area contributed by atoms with Gasteiger partial charge >= 0.3 is 11.9 Å². The summed E-state index contributed by atoms with van der Waals surface area (Å²) in [4.78, 5) is 24.8. The molecule has 180 valence electrons. The van der Waals surface area contributed by atoms with Gasteiger partial charge in [-0.3, -0.25) is 4.79 Å². The van der Waals surface area contributed by atoms with E-state index in [1.54, 1.807) is 0 Å². The zero-order valence-corrected chi connectivity index (χ0v) is 20.4. The molecule has 5 atom stereocenters. The molecule has 3 aliphatic rings. The van der Waals surface area contributed by atoms with Gasteiger partial charge in [0.15, 0.2) is 0 Å². The summed E-state index contributed by atoms with van der Waals surface area (Å²) in [5.74, 6) is 2.13. The van der Waals surface area contributed by atoms with E-state index in [1.165, 1.54) is 11.1 Å². The molecule has 2 saturated carbocycles. The number of benzene rings is 2. The third-order valence-electron chi connectivity index (χ3n) is 8.84. The molecule has 2 aromatic carbocycles. The molecule has 0 saturated heterocycles. The van der Waals surface area contributed by atoms with E-state index < -0.39 is 0 Å². The van der Waals surface area contributed by atoms with E-state index in [0.29, 0.717) is 35.5 Å². The maximum absolute atomic E-state index is 12.8. The lowest BCUT2D eigenvalue weighted by molar-refractivity contribution is -0.134. The lowest BCUT2D eigenvalue weighted by Crippen LogP contribution is -2.45. The van der Waals surface area contributed by atoms with E-state index in [4.69, 9.17) is 9.47 Å². The van der Waals surface area contributed by atoms with Gasteiger partial charge in [-0.05, 0) is 98.1 Å². The molecular weight excluding hydrogens is 424 g/mol. The van der Waals surface area contributed by atoms with E-state index in [9.17, 15) is 9.59 Å². The highest BCUT2D eigenvalue weighted by atomic mass is 16.5. The van der Waals surface area contributed by atoms with Gasteiger partial charge in [0.25, 0.3) is 0 Å². The van der Waals surface area contributed by atoms with Crippen LogP contribution in [-0.4, -0.2) is 18.0 Å². The van der Waals surface area contributed by atoms with Crippen LogP contribution in [0.5, 0.6) is 5.75 Å². The number of ether oxygens (including phenoxy) is 2. The van der Waals surface area contributed by atoms with Crippen molar-refractivity contribution in [2.24, 2.45) is 17.3 Å². The lowest BCUT2D eigenvalue weighted by atomic mass is 9.55. The van der Waals surface area contributed by atoms with Crippen molar-refractivity contribution < 1.29 is 19.1 Å². The van der Waals surface area contributed by atoms with Crippen molar-refractivity contribution in [2.75, 3.05) is 0 Å². The van der Waals surface area contributed by atoms with E-state index in [1.807, 2.05) is 36.4 Å². The topological polar surface area (TPSA) is 52.6 Å². The predicted octanol–water partition coefficient (Wildman–Crippen LogP) is 6.86. The Morgan fingerprint density at radius 1 is 1.03 bits per heavy atom. The molecule has 4 nitrogen and oxygen atoms in total. The number of hydrogen-bond donors (Lipinski definition) is 0. The second-order valence-corrected chi connectivity index (χ2v) is 10.7. The van der Waals surface area contributed by atoms with Crippen LogP contribution in [0.15, 0.2) is 48.5 Å². The standard InChI is InChI=1S/C30H36O4/c1-3-4-10-28(31)33-22-12-14-23-21(19-22)11-13-25-24(23)17-18-30(2)26(25)15-16-27(30)34-29(32)20-8-6-5-7-9-20/h5-9,12,14,19,24-27H,3-4,10-11,13,15-18H2,1-2H3/t24-,25-,26+,27+,30+/m1/s1. The third-order valence-corrected chi connectivity index (χ3v) is 8.84. The molecule has 5 rings (SSSR count). The van der Waals surface area contributed by atoms with Crippen LogP contribution >= 0.6 is 0 Å². The summed E-state index contributed by atoms with van der Waals surface area (Å²) < 4.78 is 11.7. The van der Waals surface area contributed by atoms with Crippen LogP contribution in [0.3, 0.4) is 0 Å². The number of carbonyl (C=O) groups is 2.